The molecule has 1 amide bonds. The molecule has 1 aromatic rings. The summed E-state index contributed by atoms with van der Waals surface area (Å²) in [5.41, 5.74) is 2.27. The number of hydrogen-bond acceptors (Lipinski definition) is 5. The maximum Gasteiger partial charge on any atom is 0.287 e. The highest BCUT2D eigenvalue weighted by Gasteiger charge is 2.11. The second-order valence-corrected chi connectivity index (χ2v) is 4.47. The number of hydrogen-bond donors (Lipinski definition) is 2. The zero-order valence-electron chi connectivity index (χ0n) is 11.3. The standard InChI is InChI=1S/C11H22N6O/c1-4-5-16(9(2)3)6-7-17-8-10(14-15-17)11(18)13-12/h8-9H,4-7,12H2,1-3H3,(H,13,18). The minimum absolute atomic E-state index is 0.240. The summed E-state index contributed by atoms with van der Waals surface area (Å²) in [6.45, 7) is 9.16. The fraction of sp³-hybridized carbons (Fsp3) is 0.727. The molecule has 102 valence electrons. The zero-order valence-corrected chi connectivity index (χ0v) is 11.3. The van der Waals surface area contributed by atoms with Gasteiger partial charge in [0.2, 0.25) is 0 Å². The van der Waals surface area contributed by atoms with Crippen LogP contribution in [0.25, 0.3) is 0 Å². The first-order valence-electron chi connectivity index (χ1n) is 6.23. The van der Waals surface area contributed by atoms with E-state index in [0.29, 0.717) is 12.6 Å². The molecule has 7 nitrogen and oxygen atoms in total. The van der Waals surface area contributed by atoms with Crippen LogP contribution in [0.3, 0.4) is 0 Å². The SMILES string of the molecule is CCCN(CCn1cc(C(=O)NN)nn1)C(C)C. The molecule has 0 atom stereocenters. The van der Waals surface area contributed by atoms with Crippen molar-refractivity contribution >= 4 is 5.91 Å². The van der Waals surface area contributed by atoms with Gasteiger partial charge in [-0.25, -0.2) is 5.84 Å². The molecule has 1 aromatic heterocycles. The van der Waals surface area contributed by atoms with Gasteiger partial charge in [-0.1, -0.05) is 12.1 Å². The molecule has 0 aliphatic carbocycles. The molecule has 1 heterocycles. The van der Waals surface area contributed by atoms with Crippen molar-refractivity contribution in [2.24, 2.45) is 5.84 Å². The molecule has 0 aromatic carbocycles. The Kier molecular flexibility index (Phi) is 5.73. The van der Waals surface area contributed by atoms with Gasteiger partial charge in [0.1, 0.15) is 0 Å². The number of aromatic nitrogens is 3. The molecule has 0 saturated carbocycles. The minimum Gasteiger partial charge on any atom is -0.299 e. The van der Waals surface area contributed by atoms with Gasteiger partial charge in [-0.2, -0.15) is 0 Å². The van der Waals surface area contributed by atoms with E-state index in [2.05, 4.69) is 36.0 Å². The maximum atomic E-state index is 11.2. The van der Waals surface area contributed by atoms with E-state index in [1.807, 2.05) is 5.43 Å². The largest absolute Gasteiger partial charge is 0.299 e. The number of amides is 1. The van der Waals surface area contributed by atoms with Crippen molar-refractivity contribution in [2.45, 2.75) is 39.8 Å². The first-order chi connectivity index (χ1) is 8.58. The van der Waals surface area contributed by atoms with E-state index in [4.69, 9.17) is 5.84 Å². The third kappa shape index (κ3) is 4.08. The van der Waals surface area contributed by atoms with E-state index in [1.54, 1.807) is 10.9 Å². The zero-order chi connectivity index (χ0) is 13.5. The topological polar surface area (TPSA) is 89.1 Å². The summed E-state index contributed by atoms with van der Waals surface area (Å²) in [5, 5.41) is 7.66. The highest BCUT2D eigenvalue weighted by atomic mass is 16.2. The lowest BCUT2D eigenvalue weighted by molar-refractivity contribution is 0.0948. The number of carbonyl (C=O) groups excluding carboxylic acids is 1. The second kappa shape index (κ2) is 7.07. The smallest absolute Gasteiger partial charge is 0.287 e. The fourth-order valence-electron chi connectivity index (χ4n) is 1.73. The maximum absolute atomic E-state index is 11.2. The van der Waals surface area contributed by atoms with E-state index in [-0.39, 0.29) is 5.69 Å². The van der Waals surface area contributed by atoms with Crippen LogP contribution in [-0.4, -0.2) is 44.9 Å². The first-order valence-corrected chi connectivity index (χ1v) is 6.23. The molecule has 0 bridgehead atoms. The molecule has 3 N–H and O–H groups in total. The van der Waals surface area contributed by atoms with Crippen LogP contribution in [0, 0.1) is 0 Å². The van der Waals surface area contributed by atoms with Crippen LogP contribution >= 0.6 is 0 Å². The molecule has 0 radical (unpaired) electrons. The normalized spacial score (nSPS) is 11.2. The Bertz CT molecular complexity index is 375. The number of nitrogens with zero attached hydrogens (tertiary/aromatic N) is 4. The van der Waals surface area contributed by atoms with Crippen molar-refractivity contribution in [3.8, 4) is 0 Å². The van der Waals surface area contributed by atoms with Gasteiger partial charge in [0.05, 0.1) is 12.7 Å². The highest BCUT2D eigenvalue weighted by molar-refractivity contribution is 5.91. The van der Waals surface area contributed by atoms with E-state index in [0.717, 1.165) is 19.5 Å². The van der Waals surface area contributed by atoms with Gasteiger partial charge >= 0.3 is 0 Å². The number of nitrogens with two attached hydrogens (primary N) is 1. The summed E-state index contributed by atoms with van der Waals surface area (Å²) in [4.78, 5) is 13.6. The van der Waals surface area contributed by atoms with Crippen LogP contribution in [0.15, 0.2) is 6.20 Å². The van der Waals surface area contributed by atoms with Crippen molar-refractivity contribution in [2.75, 3.05) is 13.1 Å². The van der Waals surface area contributed by atoms with Crippen molar-refractivity contribution < 1.29 is 4.79 Å². The van der Waals surface area contributed by atoms with Crippen molar-refractivity contribution in [1.82, 2.24) is 25.3 Å². The molecular formula is C11H22N6O. The molecule has 0 unspecified atom stereocenters. The molecule has 1 rings (SSSR count). The number of nitrogens with one attached hydrogen (secondary N) is 1. The lowest BCUT2D eigenvalue weighted by Gasteiger charge is -2.25. The van der Waals surface area contributed by atoms with Gasteiger partial charge in [-0.3, -0.25) is 19.8 Å². The van der Waals surface area contributed by atoms with E-state index in [9.17, 15) is 4.79 Å². The number of rotatable bonds is 7. The van der Waals surface area contributed by atoms with Gasteiger partial charge in [-0.15, -0.1) is 5.10 Å². The highest BCUT2D eigenvalue weighted by Crippen LogP contribution is 2.01. The van der Waals surface area contributed by atoms with E-state index in [1.165, 1.54) is 0 Å². The van der Waals surface area contributed by atoms with E-state index < -0.39 is 5.91 Å². The van der Waals surface area contributed by atoms with E-state index >= 15 is 0 Å². The van der Waals surface area contributed by atoms with Crippen LogP contribution in [0.2, 0.25) is 0 Å². The Morgan fingerprint density at radius 1 is 1.56 bits per heavy atom. The third-order valence-corrected chi connectivity index (χ3v) is 2.76. The Labute approximate surface area is 107 Å². The van der Waals surface area contributed by atoms with Gasteiger partial charge in [-0.05, 0) is 26.8 Å². The monoisotopic (exact) mass is 254 g/mol. The molecule has 18 heavy (non-hydrogen) atoms. The Hall–Kier alpha value is -1.47. The lowest BCUT2D eigenvalue weighted by atomic mass is 10.3. The summed E-state index contributed by atoms with van der Waals surface area (Å²) in [5.74, 6) is 4.61. The van der Waals surface area contributed by atoms with Crippen LogP contribution in [0.4, 0.5) is 0 Å². The number of carbonyl (C=O) groups is 1. The molecule has 0 fully saturated rings. The molecule has 0 aliphatic heterocycles. The number of hydrazine groups is 1. The van der Waals surface area contributed by atoms with Crippen LogP contribution in [0.1, 0.15) is 37.7 Å². The van der Waals surface area contributed by atoms with Crippen LogP contribution < -0.4 is 11.3 Å². The fourth-order valence-corrected chi connectivity index (χ4v) is 1.73. The number of nitrogen functional groups attached to an aromatic ring is 1. The average Bonchev–Trinajstić information content (AvgIpc) is 2.81. The molecule has 0 aliphatic rings. The Morgan fingerprint density at radius 3 is 2.83 bits per heavy atom. The van der Waals surface area contributed by atoms with Crippen molar-refractivity contribution in [1.29, 1.82) is 0 Å². The van der Waals surface area contributed by atoms with Gasteiger partial charge in [0.25, 0.3) is 5.91 Å². The molecular weight excluding hydrogens is 232 g/mol. The predicted octanol–water partition coefficient (Wildman–Crippen LogP) is 0.00200. The third-order valence-electron chi connectivity index (χ3n) is 2.76. The summed E-state index contributed by atoms with van der Waals surface area (Å²) in [6, 6.07) is 0.500. The van der Waals surface area contributed by atoms with Gasteiger partial charge in [0, 0.05) is 12.6 Å². The van der Waals surface area contributed by atoms with Crippen LogP contribution in [0.5, 0.6) is 0 Å². The quantitative estimate of drug-likeness (QED) is 0.406. The Morgan fingerprint density at radius 2 is 2.28 bits per heavy atom. The summed E-state index contributed by atoms with van der Waals surface area (Å²) >= 11 is 0. The molecule has 7 heteroatoms. The summed E-state index contributed by atoms with van der Waals surface area (Å²) < 4.78 is 1.66. The van der Waals surface area contributed by atoms with Crippen molar-refractivity contribution in [3.63, 3.8) is 0 Å². The lowest BCUT2D eigenvalue weighted by Crippen LogP contribution is -2.34. The first kappa shape index (κ1) is 14.6. The Balaban J connectivity index is 2.52. The summed E-state index contributed by atoms with van der Waals surface area (Å²) in [7, 11) is 0. The average molecular weight is 254 g/mol. The predicted molar refractivity (Wildman–Crippen MR) is 68.7 cm³/mol. The molecule has 0 spiro atoms. The second-order valence-electron chi connectivity index (χ2n) is 4.47. The van der Waals surface area contributed by atoms with Gasteiger partial charge in [0.15, 0.2) is 5.69 Å². The molecule has 0 saturated heterocycles. The van der Waals surface area contributed by atoms with Crippen molar-refractivity contribution in [3.05, 3.63) is 11.9 Å². The summed E-state index contributed by atoms with van der Waals surface area (Å²) in [6.07, 6.45) is 2.73. The minimum atomic E-state index is -0.421. The van der Waals surface area contributed by atoms with Crippen LogP contribution in [-0.2, 0) is 6.54 Å². The van der Waals surface area contributed by atoms with Gasteiger partial charge < -0.3 is 0 Å².